The van der Waals surface area contributed by atoms with Crippen LogP contribution in [0.4, 0.5) is 0 Å². The molecule has 0 unspecified atom stereocenters. The van der Waals surface area contributed by atoms with Crippen LogP contribution in [0.1, 0.15) is 27.7 Å². The summed E-state index contributed by atoms with van der Waals surface area (Å²) in [5.74, 6) is -1.45. The smallest absolute Gasteiger partial charge is 0.303 e. The summed E-state index contributed by atoms with van der Waals surface area (Å²) < 4.78 is 33.9. The second kappa shape index (κ2) is 13.5. The SMILES string of the molecule is CC(=O)OC[C@@H]1O[C@H](SCCOc2ccc(Br)cc2)[C@H](OC(C)=O)[C@H](OC(C)=O)[C@@H]1OC(C)=O. The highest BCUT2D eigenvalue weighted by molar-refractivity contribution is 9.10. The van der Waals surface area contributed by atoms with Gasteiger partial charge in [0, 0.05) is 37.9 Å². The van der Waals surface area contributed by atoms with Gasteiger partial charge in [0.05, 0.1) is 6.61 Å². The number of esters is 4. The Labute approximate surface area is 210 Å². The van der Waals surface area contributed by atoms with Crippen molar-refractivity contribution in [3.63, 3.8) is 0 Å². The Morgan fingerprint density at radius 1 is 0.853 bits per heavy atom. The lowest BCUT2D eigenvalue weighted by Crippen LogP contribution is -2.61. The molecule has 12 heteroatoms. The number of benzene rings is 1. The Balaban J connectivity index is 2.20. The second-order valence-corrected chi connectivity index (χ2v) is 9.36. The minimum atomic E-state index is -1.18. The second-order valence-electron chi connectivity index (χ2n) is 7.24. The van der Waals surface area contributed by atoms with E-state index < -0.39 is 53.7 Å². The minimum Gasteiger partial charge on any atom is -0.493 e. The molecule has 10 nitrogen and oxygen atoms in total. The molecular weight excluding hydrogens is 536 g/mol. The summed E-state index contributed by atoms with van der Waals surface area (Å²) >= 11 is 4.61. The molecule has 1 aliphatic rings. The number of carbonyl (C=O) groups is 4. The van der Waals surface area contributed by atoms with Gasteiger partial charge in [-0.05, 0) is 24.3 Å². The third-order valence-corrected chi connectivity index (χ3v) is 6.03. The van der Waals surface area contributed by atoms with Crippen LogP contribution in [0.15, 0.2) is 28.7 Å². The Hall–Kier alpha value is -2.31. The van der Waals surface area contributed by atoms with E-state index in [4.69, 9.17) is 28.4 Å². The summed E-state index contributed by atoms with van der Waals surface area (Å²) in [6.07, 6.45) is -4.39. The van der Waals surface area contributed by atoms with Gasteiger partial charge in [0.1, 0.15) is 23.9 Å². The van der Waals surface area contributed by atoms with E-state index in [1.54, 1.807) is 0 Å². The number of carbonyl (C=O) groups excluding carboxylic acids is 4. The Bertz CT molecular complexity index is 862. The number of hydrogen-bond donors (Lipinski definition) is 0. The van der Waals surface area contributed by atoms with Gasteiger partial charge >= 0.3 is 23.9 Å². The largest absolute Gasteiger partial charge is 0.493 e. The summed E-state index contributed by atoms with van der Waals surface area (Å²) in [5.41, 5.74) is -0.825. The van der Waals surface area contributed by atoms with Crippen LogP contribution in [0.5, 0.6) is 5.75 Å². The molecule has 0 aliphatic carbocycles. The quantitative estimate of drug-likeness (QED) is 0.237. The number of hydrogen-bond acceptors (Lipinski definition) is 11. The number of ether oxygens (including phenoxy) is 6. The van der Waals surface area contributed by atoms with Gasteiger partial charge < -0.3 is 28.4 Å². The maximum Gasteiger partial charge on any atom is 0.303 e. The van der Waals surface area contributed by atoms with Crippen LogP contribution in [-0.2, 0) is 42.9 Å². The van der Waals surface area contributed by atoms with Crippen LogP contribution >= 0.6 is 27.7 Å². The van der Waals surface area contributed by atoms with Crippen LogP contribution in [0.2, 0.25) is 0 Å². The van der Waals surface area contributed by atoms with Crippen LogP contribution < -0.4 is 4.74 Å². The molecule has 34 heavy (non-hydrogen) atoms. The molecule has 1 aromatic rings. The molecule has 0 N–H and O–H groups in total. The zero-order valence-electron chi connectivity index (χ0n) is 19.2. The number of thioether (sulfide) groups is 1. The van der Waals surface area contributed by atoms with Gasteiger partial charge in [-0.2, -0.15) is 0 Å². The Kier molecular flexibility index (Phi) is 11.1. The minimum absolute atomic E-state index is 0.260. The molecule has 1 heterocycles. The van der Waals surface area contributed by atoms with Crippen molar-refractivity contribution in [3.8, 4) is 5.75 Å². The molecule has 2 rings (SSSR count). The van der Waals surface area contributed by atoms with E-state index in [0.717, 1.165) is 4.47 Å². The maximum atomic E-state index is 11.8. The molecule has 0 saturated carbocycles. The van der Waals surface area contributed by atoms with Gasteiger partial charge in [0.15, 0.2) is 18.3 Å². The number of halogens is 1. The van der Waals surface area contributed by atoms with Gasteiger partial charge in [0.25, 0.3) is 0 Å². The summed E-state index contributed by atoms with van der Waals surface area (Å²) in [6, 6.07) is 7.32. The van der Waals surface area contributed by atoms with Crippen molar-refractivity contribution in [1.29, 1.82) is 0 Å². The highest BCUT2D eigenvalue weighted by atomic mass is 79.9. The molecule has 1 fully saturated rings. The van der Waals surface area contributed by atoms with Gasteiger partial charge in [0.2, 0.25) is 0 Å². The van der Waals surface area contributed by atoms with Crippen LogP contribution in [0.3, 0.4) is 0 Å². The first-order chi connectivity index (χ1) is 16.1. The first kappa shape index (κ1) is 27.9. The highest BCUT2D eigenvalue weighted by Crippen LogP contribution is 2.34. The van der Waals surface area contributed by atoms with Gasteiger partial charge in [-0.1, -0.05) is 15.9 Å². The van der Waals surface area contributed by atoms with Crippen molar-refractivity contribution in [1.82, 2.24) is 0 Å². The lowest BCUT2D eigenvalue weighted by atomic mass is 9.99. The summed E-state index contributed by atoms with van der Waals surface area (Å²) in [4.78, 5) is 46.8. The topological polar surface area (TPSA) is 124 Å². The average Bonchev–Trinajstić information content (AvgIpc) is 2.74. The van der Waals surface area contributed by atoms with Crippen LogP contribution in [0.25, 0.3) is 0 Å². The van der Waals surface area contributed by atoms with Gasteiger partial charge in [-0.25, -0.2) is 0 Å². The summed E-state index contributed by atoms with van der Waals surface area (Å²) in [6.45, 7) is 4.83. The lowest BCUT2D eigenvalue weighted by Gasteiger charge is -2.44. The van der Waals surface area contributed by atoms with Gasteiger partial charge in [-0.15, -0.1) is 11.8 Å². The number of rotatable bonds is 10. The van der Waals surface area contributed by atoms with E-state index in [1.807, 2.05) is 24.3 Å². The van der Waals surface area contributed by atoms with Crippen molar-refractivity contribution in [3.05, 3.63) is 28.7 Å². The molecule has 5 atom stereocenters. The monoisotopic (exact) mass is 562 g/mol. The van der Waals surface area contributed by atoms with E-state index in [-0.39, 0.29) is 6.61 Å². The van der Waals surface area contributed by atoms with E-state index in [1.165, 1.54) is 39.5 Å². The predicted octanol–water partition coefficient (Wildman–Crippen LogP) is 2.64. The van der Waals surface area contributed by atoms with Crippen molar-refractivity contribution in [2.45, 2.75) is 57.5 Å². The molecule has 0 amide bonds. The average molecular weight is 563 g/mol. The predicted molar refractivity (Wildman–Crippen MR) is 124 cm³/mol. The maximum absolute atomic E-state index is 11.8. The first-order valence-electron chi connectivity index (χ1n) is 10.4. The standard InChI is InChI=1S/C22H27BrO10S/c1-12(24)29-11-18-19(30-13(2)25)20(31-14(3)26)21(32-15(4)27)22(33-18)34-10-9-28-17-7-5-16(23)6-8-17/h5-8,18-22H,9-11H2,1-4H3/t18-,19+,20+,21+,22+/m0/s1. The fourth-order valence-electron chi connectivity index (χ4n) is 3.18. The zero-order valence-corrected chi connectivity index (χ0v) is 21.6. The molecule has 1 aromatic carbocycles. The Morgan fingerprint density at radius 2 is 1.41 bits per heavy atom. The molecule has 188 valence electrons. The van der Waals surface area contributed by atoms with Gasteiger partial charge in [-0.3, -0.25) is 19.2 Å². The molecule has 0 spiro atoms. The molecular formula is C22H27BrO10S. The van der Waals surface area contributed by atoms with Crippen molar-refractivity contribution in [2.24, 2.45) is 0 Å². The molecule has 0 radical (unpaired) electrons. The van der Waals surface area contributed by atoms with E-state index in [9.17, 15) is 19.2 Å². The van der Waals surface area contributed by atoms with Crippen molar-refractivity contribution in [2.75, 3.05) is 19.0 Å². The third-order valence-electron chi connectivity index (χ3n) is 4.40. The fraction of sp³-hybridized carbons (Fsp3) is 0.545. The summed E-state index contributed by atoms with van der Waals surface area (Å²) in [7, 11) is 0. The molecule has 0 bridgehead atoms. The lowest BCUT2D eigenvalue weighted by molar-refractivity contribution is -0.237. The normalized spacial score (nSPS) is 24.0. The van der Waals surface area contributed by atoms with E-state index in [2.05, 4.69) is 15.9 Å². The first-order valence-corrected chi connectivity index (χ1v) is 12.2. The van der Waals surface area contributed by atoms with E-state index >= 15 is 0 Å². The van der Waals surface area contributed by atoms with Crippen molar-refractivity contribution < 1.29 is 47.6 Å². The molecule has 0 aromatic heterocycles. The van der Waals surface area contributed by atoms with Crippen molar-refractivity contribution >= 4 is 51.6 Å². The highest BCUT2D eigenvalue weighted by Gasteiger charge is 2.52. The van der Waals surface area contributed by atoms with Crippen LogP contribution in [0, 0.1) is 0 Å². The third kappa shape index (κ3) is 9.15. The molecule has 1 saturated heterocycles. The zero-order chi connectivity index (χ0) is 25.3. The fourth-order valence-corrected chi connectivity index (χ4v) is 4.48. The van der Waals surface area contributed by atoms with E-state index in [0.29, 0.717) is 18.1 Å². The summed E-state index contributed by atoms with van der Waals surface area (Å²) in [5, 5.41) is 0. The van der Waals surface area contributed by atoms with Crippen LogP contribution in [-0.4, -0.2) is 72.7 Å². The Morgan fingerprint density at radius 3 is 1.97 bits per heavy atom. The molecule has 1 aliphatic heterocycles.